The van der Waals surface area contributed by atoms with Crippen molar-refractivity contribution in [1.82, 2.24) is 9.78 Å². The van der Waals surface area contributed by atoms with Gasteiger partial charge in [0.2, 0.25) is 0 Å². The Morgan fingerprint density at radius 1 is 1.14 bits per heavy atom. The molecule has 3 aromatic rings. The summed E-state index contributed by atoms with van der Waals surface area (Å²) in [4.78, 5) is 11.0. The minimum absolute atomic E-state index is 0.112. The molecule has 2 aromatic carbocycles. The van der Waals surface area contributed by atoms with Crippen LogP contribution in [0.1, 0.15) is 27.8 Å². The SMILES string of the molecule is CN.Cn1nc(-c2ccc(CN)cc2)c(O)c1C1Nc2ccc(C=O)cc2N1. The predicted octanol–water partition coefficient (Wildman–Crippen LogP) is 2.17. The molecular formula is C20H24N6O2. The van der Waals surface area contributed by atoms with Crippen molar-refractivity contribution in [2.75, 3.05) is 17.7 Å². The van der Waals surface area contributed by atoms with Crippen molar-refractivity contribution in [2.45, 2.75) is 12.7 Å². The third-order valence-electron chi connectivity index (χ3n) is 4.58. The van der Waals surface area contributed by atoms with Gasteiger partial charge in [0.05, 0.1) is 11.4 Å². The molecule has 0 aliphatic carbocycles. The first-order valence-electron chi connectivity index (χ1n) is 8.86. The number of rotatable bonds is 4. The number of carbonyl (C=O) groups is 1. The van der Waals surface area contributed by atoms with E-state index in [1.807, 2.05) is 30.3 Å². The molecule has 1 aromatic heterocycles. The highest BCUT2D eigenvalue weighted by Crippen LogP contribution is 2.41. The molecule has 7 N–H and O–H groups in total. The lowest BCUT2D eigenvalue weighted by Gasteiger charge is -2.13. The second-order valence-electron chi connectivity index (χ2n) is 6.25. The Kier molecular flexibility index (Phi) is 5.62. The van der Waals surface area contributed by atoms with Crippen molar-refractivity contribution in [3.63, 3.8) is 0 Å². The Bertz CT molecular complexity index is 981. The molecule has 0 radical (unpaired) electrons. The van der Waals surface area contributed by atoms with Crippen molar-refractivity contribution >= 4 is 17.7 Å². The van der Waals surface area contributed by atoms with E-state index in [0.29, 0.717) is 23.5 Å². The average Bonchev–Trinajstić information content (AvgIpc) is 3.28. The maximum atomic E-state index is 11.0. The van der Waals surface area contributed by atoms with Crippen molar-refractivity contribution in [2.24, 2.45) is 18.5 Å². The number of aromatic hydroxyl groups is 1. The van der Waals surface area contributed by atoms with Crippen LogP contribution in [0.25, 0.3) is 11.3 Å². The summed E-state index contributed by atoms with van der Waals surface area (Å²) in [6, 6.07) is 13.0. The fourth-order valence-corrected chi connectivity index (χ4v) is 3.21. The normalized spacial score (nSPS) is 14.4. The number of aldehydes is 1. The number of nitrogens with zero attached hydrogens (tertiary/aromatic N) is 2. The summed E-state index contributed by atoms with van der Waals surface area (Å²) in [6.07, 6.45) is 0.460. The van der Waals surface area contributed by atoms with Gasteiger partial charge < -0.3 is 27.2 Å². The van der Waals surface area contributed by atoms with Crippen LogP contribution in [-0.4, -0.2) is 28.2 Å². The summed E-state index contributed by atoms with van der Waals surface area (Å²) >= 11 is 0. The molecule has 1 aliphatic heterocycles. The monoisotopic (exact) mass is 380 g/mol. The van der Waals surface area contributed by atoms with Crippen molar-refractivity contribution in [3.8, 4) is 17.0 Å². The van der Waals surface area contributed by atoms with E-state index >= 15 is 0 Å². The van der Waals surface area contributed by atoms with E-state index in [9.17, 15) is 9.90 Å². The van der Waals surface area contributed by atoms with Gasteiger partial charge in [-0.05, 0) is 30.8 Å². The number of aryl methyl sites for hydroxylation is 1. The Balaban J connectivity index is 0.00000109. The van der Waals surface area contributed by atoms with Crippen LogP contribution in [0.5, 0.6) is 5.75 Å². The summed E-state index contributed by atoms with van der Waals surface area (Å²) in [7, 11) is 3.29. The van der Waals surface area contributed by atoms with E-state index < -0.39 is 0 Å². The van der Waals surface area contributed by atoms with Crippen LogP contribution in [0.2, 0.25) is 0 Å². The van der Waals surface area contributed by atoms with Crippen LogP contribution in [0.4, 0.5) is 11.4 Å². The van der Waals surface area contributed by atoms with Gasteiger partial charge in [0, 0.05) is 24.7 Å². The average molecular weight is 380 g/mol. The van der Waals surface area contributed by atoms with Gasteiger partial charge >= 0.3 is 0 Å². The van der Waals surface area contributed by atoms with Crippen LogP contribution < -0.4 is 22.1 Å². The Morgan fingerprint density at radius 2 is 1.82 bits per heavy atom. The standard InChI is InChI=1S/C19H19N5O2.CH5N/c1-24-17(19-21-14-7-4-12(10-25)8-15(14)22-19)18(26)16(23-24)13-5-2-11(9-20)3-6-13;1-2/h2-8,10,19,21-22,26H,9,20H2,1H3;2H2,1H3. The number of aromatic nitrogens is 2. The smallest absolute Gasteiger partial charge is 0.169 e. The van der Waals surface area contributed by atoms with Crippen molar-refractivity contribution in [3.05, 3.63) is 59.3 Å². The van der Waals surface area contributed by atoms with Crippen molar-refractivity contribution < 1.29 is 9.90 Å². The molecule has 0 spiro atoms. The number of anilines is 2. The molecule has 146 valence electrons. The molecule has 2 heterocycles. The molecule has 4 rings (SSSR count). The van der Waals surface area contributed by atoms with Gasteiger partial charge in [0.1, 0.15) is 23.8 Å². The first-order chi connectivity index (χ1) is 13.6. The highest BCUT2D eigenvalue weighted by atomic mass is 16.3. The third-order valence-corrected chi connectivity index (χ3v) is 4.58. The number of nitrogens with one attached hydrogen (secondary N) is 2. The summed E-state index contributed by atoms with van der Waals surface area (Å²) in [6.45, 7) is 0.469. The van der Waals surface area contributed by atoms with Gasteiger partial charge in [-0.2, -0.15) is 5.10 Å². The Morgan fingerprint density at radius 3 is 2.46 bits per heavy atom. The van der Waals surface area contributed by atoms with Crippen LogP contribution in [0.15, 0.2) is 42.5 Å². The maximum Gasteiger partial charge on any atom is 0.169 e. The van der Waals surface area contributed by atoms with E-state index in [-0.39, 0.29) is 11.9 Å². The molecule has 28 heavy (non-hydrogen) atoms. The fraction of sp³-hybridized carbons (Fsp3) is 0.200. The van der Waals surface area contributed by atoms with Crippen LogP contribution in [0, 0.1) is 0 Å². The van der Waals surface area contributed by atoms with Crippen LogP contribution in [0.3, 0.4) is 0 Å². The maximum absolute atomic E-state index is 11.0. The molecule has 1 atom stereocenters. The lowest BCUT2D eigenvalue weighted by Crippen LogP contribution is -2.16. The largest absolute Gasteiger partial charge is 0.504 e. The molecule has 0 amide bonds. The summed E-state index contributed by atoms with van der Waals surface area (Å²) in [5.74, 6) is 0.112. The molecule has 0 bridgehead atoms. The molecule has 8 nitrogen and oxygen atoms in total. The van der Waals surface area contributed by atoms with Gasteiger partial charge in [-0.25, -0.2) is 0 Å². The van der Waals surface area contributed by atoms with E-state index in [1.54, 1.807) is 23.9 Å². The summed E-state index contributed by atoms with van der Waals surface area (Å²) in [5, 5.41) is 21.8. The first-order valence-corrected chi connectivity index (χ1v) is 8.86. The lowest BCUT2D eigenvalue weighted by atomic mass is 10.1. The molecule has 0 saturated heterocycles. The Hall–Kier alpha value is -3.36. The number of benzene rings is 2. The van der Waals surface area contributed by atoms with Crippen LogP contribution >= 0.6 is 0 Å². The van der Waals surface area contributed by atoms with Gasteiger partial charge in [-0.15, -0.1) is 0 Å². The summed E-state index contributed by atoms with van der Waals surface area (Å²) in [5.41, 5.74) is 15.4. The minimum Gasteiger partial charge on any atom is -0.504 e. The second-order valence-corrected chi connectivity index (χ2v) is 6.25. The Labute approximate surface area is 163 Å². The van der Waals surface area contributed by atoms with E-state index in [1.165, 1.54) is 7.05 Å². The number of fused-ring (bicyclic) bond motifs is 1. The first kappa shape index (κ1) is 19.4. The molecule has 8 heteroatoms. The molecule has 1 unspecified atom stereocenters. The van der Waals surface area contributed by atoms with Gasteiger partial charge in [-0.1, -0.05) is 24.3 Å². The van der Waals surface area contributed by atoms with Gasteiger partial charge in [-0.3, -0.25) is 9.48 Å². The molecule has 0 fully saturated rings. The summed E-state index contributed by atoms with van der Waals surface area (Å²) < 4.78 is 1.65. The zero-order valence-corrected chi connectivity index (χ0v) is 15.8. The van der Waals surface area contributed by atoms with Crippen LogP contribution in [-0.2, 0) is 13.6 Å². The second kappa shape index (κ2) is 8.12. The quantitative estimate of drug-likeness (QED) is 0.438. The number of nitrogens with two attached hydrogens (primary N) is 2. The number of carbonyl (C=O) groups excluding carboxylic acids is 1. The zero-order valence-electron chi connectivity index (χ0n) is 15.8. The highest BCUT2D eigenvalue weighted by molar-refractivity contribution is 5.84. The third kappa shape index (κ3) is 3.42. The molecular weight excluding hydrogens is 356 g/mol. The fourth-order valence-electron chi connectivity index (χ4n) is 3.21. The van der Waals surface area contributed by atoms with Gasteiger partial charge in [0.25, 0.3) is 0 Å². The number of hydrogen-bond donors (Lipinski definition) is 5. The number of hydrogen-bond acceptors (Lipinski definition) is 7. The zero-order chi connectivity index (χ0) is 20.3. The predicted molar refractivity (Wildman–Crippen MR) is 110 cm³/mol. The van der Waals surface area contributed by atoms with Gasteiger partial charge in [0.15, 0.2) is 5.75 Å². The minimum atomic E-state index is -0.346. The van der Waals surface area contributed by atoms with E-state index in [2.05, 4.69) is 21.5 Å². The highest BCUT2D eigenvalue weighted by Gasteiger charge is 2.29. The van der Waals surface area contributed by atoms with Crippen molar-refractivity contribution in [1.29, 1.82) is 0 Å². The van der Waals surface area contributed by atoms with E-state index in [0.717, 1.165) is 28.8 Å². The van der Waals surface area contributed by atoms with E-state index in [4.69, 9.17) is 5.73 Å². The molecule has 1 aliphatic rings. The lowest BCUT2D eigenvalue weighted by molar-refractivity contribution is 0.112. The topological polar surface area (TPSA) is 131 Å². The molecule has 0 saturated carbocycles.